The minimum absolute atomic E-state index is 0.168. The monoisotopic (exact) mass is 421 g/mol. The summed E-state index contributed by atoms with van der Waals surface area (Å²) in [6.07, 6.45) is 7.94. The fourth-order valence-electron chi connectivity index (χ4n) is 3.69. The molecule has 32 heavy (non-hydrogen) atoms. The molecular formula is C25H19N5O2. The summed E-state index contributed by atoms with van der Waals surface area (Å²) in [6, 6.07) is 18.9. The zero-order valence-corrected chi connectivity index (χ0v) is 17.1. The maximum atomic E-state index is 12.8. The number of hydrogen-bond acceptors (Lipinski definition) is 5. The molecule has 3 aromatic heterocycles. The molecule has 0 saturated heterocycles. The molecule has 7 heteroatoms. The number of benzene rings is 2. The minimum atomic E-state index is -0.168. The fourth-order valence-corrected chi connectivity index (χ4v) is 3.69. The van der Waals surface area contributed by atoms with E-state index in [1.54, 1.807) is 30.5 Å². The van der Waals surface area contributed by atoms with Crippen molar-refractivity contribution >= 4 is 16.8 Å². The van der Waals surface area contributed by atoms with Gasteiger partial charge in [0.15, 0.2) is 5.82 Å². The van der Waals surface area contributed by atoms with Gasteiger partial charge in [-0.25, -0.2) is 9.97 Å². The number of fused-ring (bicyclic) bond motifs is 1. The molecule has 7 nitrogen and oxygen atoms in total. The second-order valence-corrected chi connectivity index (χ2v) is 7.85. The molecule has 0 aliphatic heterocycles. The average molecular weight is 421 g/mol. The zero-order valence-electron chi connectivity index (χ0n) is 17.1. The van der Waals surface area contributed by atoms with Crippen LogP contribution in [0.2, 0.25) is 0 Å². The number of carbonyl (C=O) groups excluding carboxylic acids is 1. The number of carbonyl (C=O) groups is 1. The van der Waals surface area contributed by atoms with Crippen LogP contribution in [0, 0.1) is 0 Å². The lowest BCUT2D eigenvalue weighted by Gasteiger charge is -2.09. The quantitative estimate of drug-likeness (QED) is 0.382. The van der Waals surface area contributed by atoms with E-state index in [1.165, 1.54) is 12.8 Å². The van der Waals surface area contributed by atoms with Crippen LogP contribution in [0.25, 0.3) is 22.2 Å². The van der Waals surface area contributed by atoms with Crippen molar-refractivity contribution in [3.63, 3.8) is 0 Å². The lowest BCUT2D eigenvalue weighted by atomic mass is 10.1. The van der Waals surface area contributed by atoms with Gasteiger partial charge in [-0.05, 0) is 61.4 Å². The number of ether oxygens (including phenoxy) is 1. The van der Waals surface area contributed by atoms with E-state index < -0.39 is 0 Å². The van der Waals surface area contributed by atoms with Gasteiger partial charge in [0.1, 0.15) is 5.75 Å². The summed E-state index contributed by atoms with van der Waals surface area (Å²) >= 11 is 0. The number of para-hydroxylation sites is 2. The van der Waals surface area contributed by atoms with Crippen molar-refractivity contribution in [2.45, 2.75) is 18.9 Å². The predicted molar refractivity (Wildman–Crippen MR) is 120 cm³/mol. The normalized spacial score (nSPS) is 13.4. The number of nitrogens with one attached hydrogen (secondary N) is 1. The van der Waals surface area contributed by atoms with E-state index in [2.05, 4.69) is 20.1 Å². The third-order valence-corrected chi connectivity index (χ3v) is 5.54. The molecule has 0 amide bonds. The van der Waals surface area contributed by atoms with Gasteiger partial charge in [-0.2, -0.15) is 5.10 Å². The van der Waals surface area contributed by atoms with Crippen molar-refractivity contribution in [1.29, 1.82) is 0 Å². The maximum Gasteiger partial charge on any atom is 0.228 e. The molecule has 2 aromatic carbocycles. The van der Waals surface area contributed by atoms with Crippen LogP contribution < -0.4 is 4.74 Å². The number of H-pyrrole nitrogens is 1. The molecule has 0 radical (unpaired) electrons. The summed E-state index contributed by atoms with van der Waals surface area (Å²) in [7, 11) is 0. The lowest BCUT2D eigenvalue weighted by Crippen LogP contribution is -2.03. The van der Waals surface area contributed by atoms with Crippen molar-refractivity contribution in [2.24, 2.45) is 0 Å². The van der Waals surface area contributed by atoms with Gasteiger partial charge in [0.25, 0.3) is 0 Å². The Morgan fingerprint density at radius 3 is 2.69 bits per heavy atom. The van der Waals surface area contributed by atoms with Gasteiger partial charge in [-0.3, -0.25) is 9.48 Å². The molecule has 1 aliphatic rings. The van der Waals surface area contributed by atoms with Gasteiger partial charge >= 0.3 is 0 Å². The fraction of sp³-hybridized carbons (Fsp3) is 0.120. The number of imidazole rings is 1. The van der Waals surface area contributed by atoms with Crippen LogP contribution in [-0.4, -0.2) is 30.5 Å². The summed E-state index contributed by atoms with van der Waals surface area (Å²) in [5.74, 6) is 1.25. The first-order valence-corrected chi connectivity index (χ1v) is 10.5. The largest absolute Gasteiger partial charge is 0.438 e. The molecule has 3 heterocycles. The maximum absolute atomic E-state index is 12.8. The first-order valence-electron chi connectivity index (χ1n) is 10.5. The van der Waals surface area contributed by atoms with Crippen LogP contribution in [0.3, 0.4) is 0 Å². The number of ketones is 1. The zero-order chi connectivity index (χ0) is 21.5. The molecule has 1 N–H and O–H groups in total. The first-order chi connectivity index (χ1) is 15.7. The Morgan fingerprint density at radius 2 is 1.88 bits per heavy atom. The van der Waals surface area contributed by atoms with Crippen LogP contribution in [0.5, 0.6) is 11.6 Å². The highest BCUT2D eigenvalue weighted by atomic mass is 16.5. The van der Waals surface area contributed by atoms with Crippen molar-refractivity contribution in [2.75, 3.05) is 0 Å². The van der Waals surface area contributed by atoms with E-state index in [0.29, 0.717) is 29.1 Å². The van der Waals surface area contributed by atoms with E-state index in [1.807, 2.05) is 53.5 Å². The van der Waals surface area contributed by atoms with Crippen molar-refractivity contribution < 1.29 is 9.53 Å². The Balaban J connectivity index is 1.23. The highest BCUT2D eigenvalue weighted by molar-refractivity contribution is 6.08. The minimum Gasteiger partial charge on any atom is -0.438 e. The van der Waals surface area contributed by atoms with Crippen molar-refractivity contribution in [3.8, 4) is 22.8 Å². The molecule has 0 atom stereocenters. The molecule has 5 aromatic rings. The molecule has 1 aliphatic carbocycles. The number of hydrogen-bond donors (Lipinski definition) is 1. The summed E-state index contributed by atoms with van der Waals surface area (Å²) in [5.41, 5.74) is 3.98. The van der Waals surface area contributed by atoms with Crippen LogP contribution in [0.15, 0.2) is 79.3 Å². The molecule has 0 spiro atoms. The van der Waals surface area contributed by atoms with E-state index in [9.17, 15) is 4.79 Å². The van der Waals surface area contributed by atoms with Gasteiger partial charge in [-0.15, -0.1) is 0 Å². The first kappa shape index (κ1) is 18.5. The average Bonchev–Trinajstić information content (AvgIpc) is 3.40. The molecule has 6 rings (SSSR count). The van der Waals surface area contributed by atoms with Crippen LogP contribution in [-0.2, 0) is 0 Å². The Kier molecular flexibility index (Phi) is 4.31. The van der Waals surface area contributed by atoms with Gasteiger partial charge in [-0.1, -0.05) is 12.1 Å². The number of nitrogens with zero attached hydrogens (tertiary/aromatic N) is 4. The third-order valence-electron chi connectivity index (χ3n) is 5.54. The second-order valence-electron chi connectivity index (χ2n) is 7.85. The number of aromatic amines is 1. The lowest BCUT2D eigenvalue weighted by molar-refractivity contribution is 0.103. The molecule has 1 saturated carbocycles. The molecule has 0 bridgehead atoms. The van der Waals surface area contributed by atoms with E-state index in [-0.39, 0.29) is 5.78 Å². The Labute approximate surface area is 183 Å². The molecule has 1 fully saturated rings. The van der Waals surface area contributed by atoms with E-state index >= 15 is 0 Å². The van der Waals surface area contributed by atoms with Gasteiger partial charge < -0.3 is 9.72 Å². The van der Waals surface area contributed by atoms with Crippen LogP contribution in [0.1, 0.15) is 35.1 Å². The van der Waals surface area contributed by atoms with Crippen molar-refractivity contribution in [1.82, 2.24) is 24.7 Å². The molecule has 0 unspecified atom stereocenters. The van der Waals surface area contributed by atoms with Gasteiger partial charge in [0, 0.05) is 29.1 Å². The summed E-state index contributed by atoms with van der Waals surface area (Å²) < 4.78 is 8.06. The van der Waals surface area contributed by atoms with Gasteiger partial charge in [0.05, 0.1) is 23.3 Å². The SMILES string of the molecule is O=C(c1ccc(Oc2ncccc2-c2cnn(C3CC3)c2)cc1)c1nc2ccccc2[nH]1. The Bertz CT molecular complexity index is 1400. The smallest absolute Gasteiger partial charge is 0.228 e. The molecular weight excluding hydrogens is 402 g/mol. The standard InChI is InChI=1S/C25H19N5O2/c31-23(24-28-21-5-1-2-6-22(21)29-24)16-7-11-19(12-8-16)32-25-20(4-3-13-26-25)17-14-27-30(15-17)18-9-10-18/h1-8,11-15,18H,9-10H2,(H,28,29). The summed E-state index contributed by atoms with van der Waals surface area (Å²) in [5, 5.41) is 4.47. The highest BCUT2D eigenvalue weighted by Gasteiger charge is 2.25. The van der Waals surface area contributed by atoms with Crippen LogP contribution in [0.4, 0.5) is 0 Å². The Hall–Kier alpha value is -4.26. The highest BCUT2D eigenvalue weighted by Crippen LogP contribution is 2.37. The topological polar surface area (TPSA) is 85.7 Å². The van der Waals surface area contributed by atoms with E-state index in [0.717, 1.165) is 22.2 Å². The number of rotatable bonds is 6. The predicted octanol–water partition coefficient (Wildman–Crippen LogP) is 5.18. The number of pyridine rings is 1. The second kappa shape index (κ2) is 7.46. The summed E-state index contributed by atoms with van der Waals surface area (Å²) in [6.45, 7) is 0. The third kappa shape index (κ3) is 3.43. The summed E-state index contributed by atoms with van der Waals surface area (Å²) in [4.78, 5) is 24.7. The van der Waals surface area contributed by atoms with Gasteiger partial charge in [0.2, 0.25) is 11.7 Å². The number of aromatic nitrogens is 5. The van der Waals surface area contributed by atoms with Crippen LogP contribution >= 0.6 is 0 Å². The van der Waals surface area contributed by atoms with Crippen molar-refractivity contribution in [3.05, 3.63) is 90.6 Å². The molecule has 156 valence electrons. The Morgan fingerprint density at radius 1 is 1.03 bits per heavy atom. The van der Waals surface area contributed by atoms with E-state index in [4.69, 9.17) is 4.74 Å².